The third-order valence-corrected chi connectivity index (χ3v) is 14.5. The van der Waals surface area contributed by atoms with Gasteiger partial charge >= 0.3 is 17.9 Å². The quantitative estimate of drug-likeness (QED) is 0.0211. The van der Waals surface area contributed by atoms with Crippen LogP contribution in [0.25, 0.3) is 0 Å². The summed E-state index contributed by atoms with van der Waals surface area (Å²) >= 11 is 0. The number of carboxylic acid groups (broad SMARTS) is 1. The van der Waals surface area contributed by atoms with E-state index in [0.29, 0.717) is 17.4 Å². The number of hydrogen-bond donors (Lipinski definition) is 1. The fourth-order valence-corrected chi connectivity index (χ4v) is 9.51. The molecular formula is C69H126NO8+. The van der Waals surface area contributed by atoms with E-state index < -0.39 is 18.4 Å². The van der Waals surface area contributed by atoms with E-state index in [0.717, 1.165) is 70.6 Å². The standard InChI is InChI=1S/C69H125NO8/c1-6-8-10-12-14-16-18-20-22-24-26-28-29-30-31-32-33-34-35-36-37-38-39-40-42-44-46-48-50-52-54-56-58-60-67(72)78-65(64-77-69(68(73)74)75-62-61-70(3,4)5)63-76-66(71)59-57-55-53-51-49-47-45-43-41-27-25-23-21-19-17-15-13-11-9-7-2/h8,10,14,16,20,22,26,28,30-31,65,69H,6-7,9,11-13,15,17-19,21,23-25,27,29,32-64H2,1-5H3/p+1/b10-8-,16-14-,22-20-,28-26-,31-30-. The van der Waals surface area contributed by atoms with E-state index in [1.165, 1.54) is 205 Å². The van der Waals surface area contributed by atoms with Gasteiger partial charge in [0.05, 0.1) is 34.4 Å². The van der Waals surface area contributed by atoms with Gasteiger partial charge in [-0.1, -0.05) is 293 Å². The number of carbonyl (C=O) groups is 3. The monoisotopic (exact) mass is 1100 g/mol. The first-order chi connectivity index (χ1) is 38.1. The third-order valence-electron chi connectivity index (χ3n) is 14.5. The van der Waals surface area contributed by atoms with Gasteiger partial charge in [-0.05, 0) is 57.8 Å². The maximum atomic E-state index is 12.9. The average Bonchev–Trinajstić information content (AvgIpc) is 3.41. The lowest BCUT2D eigenvalue weighted by atomic mass is 10.0. The predicted molar refractivity (Wildman–Crippen MR) is 332 cm³/mol. The number of quaternary nitrogens is 1. The van der Waals surface area contributed by atoms with Crippen molar-refractivity contribution >= 4 is 17.9 Å². The Kier molecular flexibility index (Phi) is 57.8. The molecule has 9 nitrogen and oxygen atoms in total. The van der Waals surface area contributed by atoms with Crippen molar-refractivity contribution in [3.8, 4) is 0 Å². The lowest BCUT2D eigenvalue weighted by Gasteiger charge is -2.25. The minimum atomic E-state index is -1.51. The van der Waals surface area contributed by atoms with Gasteiger partial charge in [0, 0.05) is 12.8 Å². The first kappa shape index (κ1) is 75.0. The van der Waals surface area contributed by atoms with Crippen molar-refractivity contribution in [2.24, 2.45) is 0 Å². The molecule has 0 saturated carbocycles. The minimum Gasteiger partial charge on any atom is -0.477 e. The zero-order valence-corrected chi connectivity index (χ0v) is 51.8. The summed E-state index contributed by atoms with van der Waals surface area (Å²) in [6.07, 6.45) is 74.6. The molecular weight excluding hydrogens is 971 g/mol. The van der Waals surface area contributed by atoms with Crippen molar-refractivity contribution in [3.05, 3.63) is 60.8 Å². The van der Waals surface area contributed by atoms with Crippen molar-refractivity contribution in [3.63, 3.8) is 0 Å². The Morgan fingerprint density at radius 2 is 0.731 bits per heavy atom. The zero-order chi connectivity index (χ0) is 56.9. The van der Waals surface area contributed by atoms with Crippen LogP contribution in [-0.4, -0.2) is 87.4 Å². The molecule has 0 spiro atoms. The van der Waals surface area contributed by atoms with Crippen molar-refractivity contribution in [2.45, 2.75) is 315 Å². The van der Waals surface area contributed by atoms with Crippen LogP contribution in [0.15, 0.2) is 60.8 Å². The second-order valence-corrected chi connectivity index (χ2v) is 23.4. The summed E-state index contributed by atoms with van der Waals surface area (Å²) in [5.74, 6) is -1.98. The molecule has 0 bridgehead atoms. The van der Waals surface area contributed by atoms with Crippen LogP contribution in [0.4, 0.5) is 0 Å². The molecule has 0 aromatic heterocycles. The van der Waals surface area contributed by atoms with Crippen LogP contribution in [0.1, 0.15) is 303 Å². The predicted octanol–water partition coefficient (Wildman–Crippen LogP) is 20.0. The summed E-state index contributed by atoms with van der Waals surface area (Å²) < 4.78 is 23.0. The molecule has 1 N–H and O–H groups in total. The fourth-order valence-electron chi connectivity index (χ4n) is 9.51. The van der Waals surface area contributed by atoms with Crippen molar-refractivity contribution in [1.82, 2.24) is 0 Å². The highest BCUT2D eigenvalue weighted by Crippen LogP contribution is 2.18. The molecule has 0 rings (SSSR count). The summed E-state index contributed by atoms with van der Waals surface area (Å²) in [4.78, 5) is 37.5. The summed E-state index contributed by atoms with van der Waals surface area (Å²) in [7, 11) is 5.98. The van der Waals surface area contributed by atoms with Gasteiger partial charge in [-0.3, -0.25) is 9.59 Å². The molecule has 0 amide bonds. The molecule has 0 fully saturated rings. The minimum absolute atomic E-state index is 0.178. The number of carbonyl (C=O) groups excluding carboxylic acids is 2. The Morgan fingerprint density at radius 1 is 0.397 bits per heavy atom. The highest BCUT2D eigenvalue weighted by atomic mass is 16.7. The second kappa shape index (κ2) is 60.1. The van der Waals surface area contributed by atoms with Crippen LogP contribution >= 0.6 is 0 Å². The molecule has 0 aromatic rings. The lowest BCUT2D eigenvalue weighted by Crippen LogP contribution is -2.40. The smallest absolute Gasteiger partial charge is 0.361 e. The maximum absolute atomic E-state index is 12.9. The number of rotatable bonds is 61. The number of carboxylic acids is 1. The Bertz CT molecular complexity index is 1460. The normalized spacial score (nSPS) is 13.1. The van der Waals surface area contributed by atoms with Gasteiger partial charge in [-0.25, -0.2) is 4.79 Å². The van der Waals surface area contributed by atoms with E-state index in [1.54, 1.807) is 0 Å². The molecule has 2 atom stereocenters. The molecule has 0 radical (unpaired) electrons. The van der Waals surface area contributed by atoms with Crippen molar-refractivity contribution in [1.29, 1.82) is 0 Å². The molecule has 0 aliphatic rings. The van der Waals surface area contributed by atoms with Gasteiger partial charge in [-0.2, -0.15) is 0 Å². The first-order valence-electron chi connectivity index (χ1n) is 33.0. The number of likely N-dealkylation sites (N-methyl/N-ethyl adjacent to an activating group) is 1. The summed E-state index contributed by atoms with van der Waals surface area (Å²) in [6, 6.07) is 0. The van der Waals surface area contributed by atoms with Crippen molar-refractivity contribution < 1.29 is 42.9 Å². The van der Waals surface area contributed by atoms with Gasteiger partial charge in [0.2, 0.25) is 0 Å². The number of esters is 2. The molecule has 78 heavy (non-hydrogen) atoms. The molecule has 0 heterocycles. The van der Waals surface area contributed by atoms with Crippen LogP contribution in [0.5, 0.6) is 0 Å². The Hall–Kier alpha value is -3.01. The number of ether oxygens (including phenoxy) is 4. The molecule has 454 valence electrons. The average molecular weight is 1100 g/mol. The summed E-state index contributed by atoms with van der Waals surface area (Å²) in [6.45, 7) is 4.81. The number of unbranched alkanes of at least 4 members (excludes halogenated alkanes) is 36. The Labute approximate surface area is 482 Å². The van der Waals surface area contributed by atoms with Gasteiger partial charge in [0.15, 0.2) is 6.10 Å². The summed E-state index contributed by atoms with van der Waals surface area (Å²) in [5.41, 5.74) is 0. The molecule has 2 unspecified atom stereocenters. The number of aliphatic carboxylic acids is 1. The van der Waals surface area contributed by atoms with Gasteiger partial charge in [-0.15, -0.1) is 0 Å². The SMILES string of the molecule is CC/C=C\C/C=C\C/C=C\C/C=C\C/C=C\CCCCCCCCCCCCCCCCCCCC(=O)OC(COC(=O)CCCCCCCCCCCCCCCCCCCCCC)COC(OCC[N+](C)(C)C)C(=O)O. The molecule has 9 heteroatoms. The van der Waals surface area contributed by atoms with E-state index in [9.17, 15) is 19.5 Å². The van der Waals surface area contributed by atoms with E-state index in [2.05, 4.69) is 74.6 Å². The first-order valence-corrected chi connectivity index (χ1v) is 33.0. The van der Waals surface area contributed by atoms with E-state index in [-0.39, 0.29) is 38.2 Å². The largest absolute Gasteiger partial charge is 0.477 e. The van der Waals surface area contributed by atoms with Gasteiger partial charge in [0.25, 0.3) is 6.29 Å². The third kappa shape index (κ3) is 60.6. The number of nitrogens with zero attached hydrogens (tertiary/aromatic N) is 1. The van der Waals surface area contributed by atoms with Crippen LogP contribution in [-0.2, 0) is 33.3 Å². The van der Waals surface area contributed by atoms with Crippen LogP contribution in [0.3, 0.4) is 0 Å². The number of allylic oxidation sites excluding steroid dienone is 10. The van der Waals surface area contributed by atoms with Gasteiger partial charge in [0.1, 0.15) is 13.2 Å². The fraction of sp³-hybridized carbons (Fsp3) is 0.812. The van der Waals surface area contributed by atoms with E-state index in [4.69, 9.17) is 18.9 Å². The molecule has 0 aliphatic carbocycles. The van der Waals surface area contributed by atoms with Crippen molar-refractivity contribution in [2.75, 3.05) is 47.5 Å². The zero-order valence-electron chi connectivity index (χ0n) is 51.8. The Morgan fingerprint density at radius 3 is 1.09 bits per heavy atom. The lowest BCUT2D eigenvalue weighted by molar-refractivity contribution is -0.870. The topological polar surface area (TPSA) is 108 Å². The summed E-state index contributed by atoms with van der Waals surface area (Å²) in [5, 5.41) is 9.73. The molecule has 0 saturated heterocycles. The molecule has 0 aliphatic heterocycles. The number of hydrogen-bond acceptors (Lipinski definition) is 7. The Balaban J connectivity index is 4.09. The molecule has 0 aromatic carbocycles. The highest BCUT2D eigenvalue weighted by Gasteiger charge is 2.25. The van der Waals surface area contributed by atoms with Crippen LogP contribution < -0.4 is 0 Å². The van der Waals surface area contributed by atoms with Gasteiger partial charge < -0.3 is 28.5 Å². The second-order valence-electron chi connectivity index (χ2n) is 23.4. The van der Waals surface area contributed by atoms with E-state index in [1.807, 2.05) is 21.1 Å². The highest BCUT2D eigenvalue weighted by molar-refractivity contribution is 5.71. The van der Waals surface area contributed by atoms with E-state index >= 15 is 0 Å². The van der Waals surface area contributed by atoms with Crippen LogP contribution in [0.2, 0.25) is 0 Å². The maximum Gasteiger partial charge on any atom is 0.361 e. The van der Waals surface area contributed by atoms with Crippen LogP contribution in [0, 0.1) is 0 Å².